The smallest absolute Gasteiger partial charge is 0.337 e. The lowest BCUT2D eigenvalue weighted by Crippen LogP contribution is -2.47. The molecular weight excluding hydrogens is 340 g/mol. The van der Waals surface area contributed by atoms with E-state index in [9.17, 15) is 9.59 Å². The first-order valence-electron chi connectivity index (χ1n) is 6.71. The number of amides is 2. The van der Waals surface area contributed by atoms with Crippen molar-refractivity contribution in [1.82, 2.24) is 4.90 Å². The van der Waals surface area contributed by atoms with Gasteiger partial charge in [-0.1, -0.05) is 22.9 Å². The van der Waals surface area contributed by atoms with Crippen LogP contribution in [0.25, 0.3) is 0 Å². The molecule has 1 aliphatic rings. The van der Waals surface area contributed by atoms with Gasteiger partial charge in [0.05, 0.1) is 24.0 Å². The standard InChI is InChI=1S/C14H17BrN2O4/c1-2-10-8-17(5-6-21-10)14(20)16-12-7-9(15)3-4-11(12)13(18)19/h3-4,7,10H,2,5-6,8H2,1H3,(H,16,20)(H,18,19). The van der Waals surface area contributed by atoms with Gasteiger partial charge in [-0.2, -0.15) is 0 Å². The predicted octanol–water partition coefficient (Wildman–Crippen LogP) is 2.79. The first kappa shape index (κ1) is 15.8. The van der Waals surface area contributed by atoms with E-state index in [1.165, 1.54) is 6.07 Å². The number of hydrogen-bond acceptors (Lipinski definition) is 3. The second-order valence-electron chi connectivity index (χ2n) is 4.77. The molecule has 1 fully saturated rings. The normalized spacial score (nSPS) is 18.4. The van der Waals surface area contributed by atoms with Gasteiger partial charge in [0.25, 0.3) is 0 Å². The van der Waals surface area contributed by atoms with Crippen molar-refractivity contribution >= 4 is 33.6 Å². The number of benzene rings is 1. The lowest BCUT2D eigenvalue weighted by Gasteiger charge is -2.32. The Kier molecular flexibility index (Phi) is 5.19. The fraction of sp³-hybridized carbons (Fsp3) is 0.429. The van der Waals surface area contributed by atoms with Crippen LogP contribution < -0.4 is 5.32 Å². The summed E-state index contributed by atoms with van der Waals surface area (Å²) in [6.45, 7) is 3.51. The second kappa shape index (κ2) is 6.91. The second-order valence-corrected chi connectivity index (χ2v) is 5.69. The Balaban J connectivity index is 2.12. The molecule has 7 heteroatoms. The minimum Gasteiger partial charge on any atom is -0.478 e. The molecule has 1 atom stereocenters. The third-order valence-electron chi connectivity index (χ3n) is 3.33. The number of carbonyl (C=O) groups is 2. The molecule has 1 heterocycles. The molecule has 1 saturated heterocycles. The molecule has 1 aromatic carbocycles. The number of aromatic carboxylic acids is 1. The quantitative estimate of drug-likeness (QED) is 0.872. The van der Waals surface area contributed by atoms with Gasteiger partial charge >= 0.3 is 12.0 Å². The van der Waals surface area contributed by atoms with E-state index in [2.05, 4.69) is 21.2 Å². The average Bonchev–Trinajstić information content (AvgIpc) is 2.47. The molecule has 1 unspecified atom stereocenters. The fourth-order valence-electron chi connectivity index (χ4n) is 2.15. The van der Waals surface area contributed by atoms with Crippen molar-refractivity contribution in [2.24, 2.45) is 0 Å². The maximum absolute atomic E-state index is 12.3. The fourth-order valence-corrected chi connectivity index (χ4v) is 2.51. The summed E-state index contributed by atoms with van der Waals surface area (Å²) in [7, 11) is 0. The van der Waals surface area contributed by atoms with Crippen LogP contribution in [0, 0.1) is 0 Å². The van der Waals surface area contributed by atoms with Crippen LogP contribution in [0.15, 0.2) is 22.7 Å². The molecule has 1 aliphatic heterocycles. The van der Waals surface area contributed by atoms with Gasteiger partial charge < -0.3 is 20.1 Å². The van der Waals surface area contributed by atoms with Gasteiger partial charge in [-0.05, 0) is 24.6 Å². The summed E-state index contributed by atoms with van der Waals surface area (Å²) in [4.78, 5) is 25.1. The third kappa shape index (κ3) is 3.95. The maximum atomic E-state index is 12.3. The van der Waals surface area contributed by atoms with Gasteiger partial charge in [0.1, 0.15) is 0 Å². The Morgan fingerprint density at radius 2 is 2.29 bits per heavy atom. The predicted molar refractivity (Wildman–Crippen MR) is 81.7 cm³/mol. The molecule has 2 amide bonds. The molecule has 6 nitrogen and oxygen atoms in total. The van der Waals surface area contributed by atoms with Crippen LogP contribution in [-0.4, -0.2) is 47.8 Å². The van der Waals surface area contributed by atoms with E-state index in [-0.39, 0.29) is 23.4 Å². The van der Waals surface area contributed by atoms with Gasteiger partial charge in [0.15, 0.2) is 0 Å². The first-order valence-corrected chi connectivity index (χ1v) is 7.51. The number of carbonyl (C=O) groups excluding carboxylic acids is 1. The summed E-state index contributed by atoms with van der Waals surface area (Å²) >= 11 is 3.27. The number of anilines is 1. The van der Waals surface area contributed by atoms with E-state index in [4.69, 9.17) is 9.84 Å². The van der Waals surface area contributed by atoms with Crippen LogP contribution in [0.1, 0.15) is 23.7 Å². The highest BCUT2D eigenvalue weighted by molar-refractivity contribution is 9.10. The van der Waals surface area contributed by atoms with Crippen LogP contribution in [0.3, 0.4) is 0 Å². The van der Waals surface area contributed by atoms with Gasteiger partial charge in [-0.3, -0.25) is 0 Å². The van der Waals surface area contributed by atoms with Gasteiger partial charge in [0, 0.05) is 17.6 Å². The molecular formula is C14H17BrN2O4. The summed E-state index contributed by atoms with van der Waals surface area (Å²) < 4.78 is 6.22. The molecule has 0 radical (unpaired) electrons. The topological polar surface area (TPSA) is 78.9 Å². The minimum absolute atomic E-state index is 0.0333. The highest BCUT2D eigenvalue weighted by atomic mass is 79.9. The zero-order valence-corrected chi connectivity index (χ0v) is 13.2. The Morgan fingerprint density at radius 1 is 1.52 bits per heavy atom. The molecule has 0 aliphatic carbocycles. The van der Waals surface area contributed by atoms with E-state index in [0.717, 1.165) is 6.42 Å². The number of ether oxygens (including phenoxy) is 1. The molecule has 2 rings (SSSR count). The van der Waals surface area contributed by atoms with Crippen LogP contribution >= 0.6 is 15.9 Å². The Bertz CT molecular complexity index is 550. The molecule has 0 aromatic heterocycles. The van der Waals surface area contributed by atoms with Crippen molar-refractivity contribution in [2.75, 3.05) is 25.0 Å². The van der Waals surface area contributed by atoms with E-state index < -0.39 is 5.97 Å². The molecule has 21 heavy (non-hydrogen) atoms. The lowest BCUT2D eigenvalue weighted by molar-refractivity contribution is -0.0134. The Hall–Kier alpha value is -1.60. The van der Waals surface area contributed by atoms with Crippen LogP contribution in [0.2, 0.25) is 0 Å². The van der Waals surface area contributed by atoms with Crippen LogP contribution in [0.4, 0.5) is 10.5 Å². The lowest BCUT2D eigenvalue weighted by atomic mass is 10.2. The van der Waals surface area contributed by atoms with Crippen molar-refractivity contribution in [2.45, 2.75) is 19.4 Å². The molecule has 0 spiro atoms. The van der Waals surface area contributed by atoms with Crippen molar-refractivity contribution in [1.29, 1.82) is 0 Å². The average molecular weight is 357 g/mol. The van der Waals surface area contributed by atoms with E-state index in [0.29, 0.717) is 24.2 Å². The van der Waals surface area contributed by atoms with Gasteiger partial charge in [-0.25, -0.2) is 9.59 Å². The van der Waals surface area contributed by atoms with Gasteiger partial charge in [0.2, 0.25) is 0 Å². The number of hydrogen-bond donors (Lipinski definition) is 2. The zero-order valence-electron chi connectivity index (χ0n) is 11.6. The molecule has 114 valence electrons. The Morgan fingerprint density at radius 3 is 2.95 bits per heavy atom. The highest BCUT2D eigenvalue weighted by Crippen LogP contribution is 2.22. The third-order valence-corrected chi connectivity index (χ3v) is 3.83. The number of carboxylic acids is 1. The number of carboxylic acid groups (broad SMARTS) is 1. The summed E-state index contributed by atoms with van der Waals surface area (Å²) in [6, 6.07) is 4.35. The summed E-state index contributed by atoms with van der Waals surface area (Å²) in [5.74, 6) is -1.08. The van der Waals surface area contributed by atoms with E-state index in [1.807, 2.05) is 6.92 Å². The number of nitrogens with one attached hydrogen (secondary N) is 1. The number of morpholine rings is 1. The Labute approximate surface area is 131 Å². The van der Waals surface area contributed by atoms with Crippen molar-refractivity contribution in [3.8, 4) is 0 Å². The van der Waals surface area contributed by atoms with Gasteiger partial charge in [-0.15, -0.1) is 0 Å². The first-order chi connectivity index (χ1) is 10.0. The summed E-state index contributed by atoms with van der Waals surface area (Å²) in [5.41, 5.74) is 0.341. The molecule has 0 bridgehead atoms. The number of urea groups is 1. The van der Waals surface area contributed by atoms with Crippen molar-refractivity contribution in [3.63, 3.8) is 0 Å². The number of rotatable bonds is 3. The summed E-state index contributed by atoms with van der Waals surface area (Å²) in [6.07, 6.45) is 0.868. The van der Waals surface area contributed by atoms with E-state index in [1.54, 1.807) is 17.0 Å². The number of nitrogens with zero attached hydrogens (tertiary/aromatic N) is 1. The van der Waals surface area contributed by atoms with Crippen molar-refractivity contribution < 1.29 is 19.4 Å². The monoisotopic (exact) mass is 356 g/mol. The maximum Gasteiger partial charge on any atom is 0.337 e. The number of halogens is 1. The highest BCUT2D eigenvalue weighted by Gasteiger charge is 2.24. The zero-order chi connectivity index (χ0) is 15.4. The largest absolute Gasteiger partial charge is 0.478 e. The van der Waals surface area contributed by atoms with Crippen molar-refractivity contribution in [3.05, 3.63) is 28.2 Å². The van der Waals surface area contributed by atoms with Crippen LogP contribution in [-0.2, 0) is 4.74 Å². The minimum atomic E-state index is -1.08. The van der Waals surface area contributed by atoms with E-state index >= 15 is 0 Å². The molecule has 0 saturated carbocycles. The SMILES string of the molecule is CCC1CN(C(=O)Nc2cc(Br)ccc2C(=O)O)CCO1. The molecule has 1 aromatic rings. The summed E-state index contributed by atoms with van der Waals surface area (Å²) in [5, 5.41) is 11.8. The molecule has 2 N–H and O–H groups in total. The van der Waals surface area contributed by atoms with Crippen LogP contribution in [0.5, 0.6) is 0 Å².